The van der Waals surface area contributed by atoms with Gasteiger partial charge in [0.25, 0.3) is 0 Å². The normalized spacial score (nSPS) is 18.7. The molecular weight excluding hydrogens is 228 g/mol. The van der Waals surface area contributed by atoms with Crippen molar-refractivity contribution in [1.29, 1.82) is 0 Å². The molecular formula is C14H22N2O2. The lowest BCUT2D eigenvalue weighted by atomic mass is 10.3. The first-order valence-corrected chi connectivity index (χ1v) is 6.66. The number of β-amino-alcohol motifs (C(OH)–C–C–N with tert-alkyl or cyclic N) is 1. The molecule has 0 spiro atoms. The minimum Gasteiger partial charge on any atom is -0.465 e. The van der Waals surface area contributed by atoms with E-state index in [9.17, 15) is 5.11 Å². The highest BCUT2D eigenvalue weighted by atomic mass is 16.3. The third-order valence-corrected chi connectivity index (χ3v) is 3.14. The summed E-state index contributed by atoms with van der Waals surface area (Å²) in [4.78, 5) is 2.32. The van der Waals surface area contributed by atoms with Crippen molar-refractivity contribution in [2.24, 2.45) is 0 Å². The van der Waals surface area contributed by atoms with Gasteiger partial charge in [-0.15, -0.1) is 0 Å². The Bertz CT molecular complexity index is 343. The van der Waals surface area contributed by atoms with Crippen LogP contribution in [-0.4, -0.2) is 48.8 Å². The first kappa shape index (κ1) is 13.3. The molecule has 1 aromatic heterocycles. The molecule has 1 saturated heterocycles. The topological polar surface area (TPSA) is 48.6 Å². The fourth-order valence-electron chi connectivity index (χ4n) is 2.22. The molecule has 18 heavy (non-hydrogen) atoms. The van der Waals surface area contributed by atoms with Crippen LogP contribution in [0.25, 0.3) is 6.08 Å². The molecule has 2 heterocycles. The zero-order valence-corrected chi connectivity index (χ0v) is 10.7. The SMILES string of the molecule is OC(CNC/C=C/c1ccco1)CN1CCCC1. The molecule has 1 aliphatic rings. The highest BCUT2D eigenvalue weighted by Gasteiger charge is 2.14. The lowest BCUT2D eigenvalue weighted by Gasteiger charge is -2.19. The molecule has 1 aliphatic heterocycles. The number of nitrogens with one attached hydrogen (secondary N) is 1. The molecule has 4 nitrogen and oxygen atoms in total. The predicted molar refractivity (Wildman–Crippen MR) is 72.3 cm³/mol. The number of aliphatic hydroxyl groups is 1. The summed E-state index contributed by atoms with van der Waals surface area (Å²) < 4.78 is 5.18. The highest BCUT2D eigenvalue weighted by molar-refractivity contribution is 5.42. The minimum absolute atomic E-state index is 0.278. The Morgan fingerprint density at radius 3 is 3.00 bits per heavy atom. The van der Waals surface area contributed by atoms with Crippen LogP contribution >= 0.6 is 0 Å². The van der Waals surface area contributed by atoms with Crippen molar-refractivity contribution in [3.63, 3.8) is 0 Å². The Hall–Kier alpha value is -1.10. The van der Waals surface area contributed by atoms with Crippen LogP contribution in [0, 0.1) is 0 Å². The Balaban J connectivity index is 1.54. The van der Waals surface area contributed by atoms with E-state index in [0.717, 1.165) is 31.9 Å². The number of nitrogens with zero attached hydrogens (tertiary/aromatic N) is 1. The fourth-order valence-corrected chi connectivity index (χ4v) is 2.22. The van der Waals surface area contributed by atoms with Gasteiger partial charge in [-0.3, -0.25) is 0 Å². The van der Waals surface area contributed by atoms with Crippen molar-refractivity contribution < 1.29 is 9.52 Å². The van der Waals surface area contributed by atoms with Gasteiger partial charge in [-0.1, -0.05) is 6.08 Å². The second-order valence-corrected chi connectivity index (χ2v) is 4.74. The quantitative estimate of drug-likeness (QED) is 0.717. The number of hydrogen-bond acceptors (Lipinski definition) is 4. The van der Waals surface area contributed by atoms with E-state index >= 15 is 0 Å². The zero-order valence-electron chi connectivity index (χ0n) is 10.7. The second-order valence-electron chi connectivity index (χ2n) is 4.74. The average Bonchev–Trinajstić information content (AvgIpc) is 3.01. The molecule has 1 atom stereocenters. The second kappa shape index (κ2) is 7.36. The van der Waals surface area contributed by atoms with E-state index in [2.05, 4.69) is 10.2 Å². The smallest absolute Gasteiger partial charge is 0.126 e. The number of likely N-dealkylation sites (tertiary alicyclic amines) is 1. The van der Waals surface area contributed by atoms with Gasteiger partial charge in [0.15, 0.2) is 0 Å². The predicted octanol–water partition coefficient (Wildman–Crippen LogP) is 1.34. The standard InChI is InChI=1S/C14H22N2O2/c17-13(12-16-8-1-2-9-16)11-15-7-3-5-14-6-4-10-18-14/h3-6,10,13,15,17H,1-2,7-9,11-12H2/b5-3+. The van der Waals surface area contributed by atoms with Gasteiger partial charge < -0.3 is 19.7 Å². The molecule has 2 rings (SSSR count). The molecule has 1 aromatic rings. The van der Waals surface area contributed by atoms with E-state index in [1.165, 1.54) is 12.8 Å². The summed E-state index contributed by atoms with van der Waals surface area (Å²) in [6.45, 7) is 4.44. The molecule has 0 bridgehead atoms. The van der Waals surface area contributed by atoms with Gasteiger partial charge >= 0.3 is 0 Å². The Morgan fingerprint density at radius 1 is 1.44 bits per heavy atom. The Kier molecular flexibility index (Phi) is 5.45. The van der Waals surface area contributed by atoms with Crippen molar-refractivity contribution in [2.45, 2.75) is 18.9 Å². The monoisotopic (exact) mass is 250 g/mol. The minimum atomic E-state index is -0.278. The number of aliphatic hydroxyl groups excluding tert-OH is 1. The molecule has 0 radical (unpaired) electrons. The summed E-state index contributed by atoms with van der Waals surface area (Å²) in [6.07, 6.45) is 7.85. The number of rotatable bonds is 7. The van der Waals surface area contributed by atoms with Gasteiger partial charge in [0.05, 0.1) is 12.4 Å². The largest absolute Gasteiger partial charge is 0.465 e. The molecule has 100 valence electrons. The molecule has 1 fully saturated rings. The van der Waals surface area contributed by atoms with E-state index in [0.29, 0.717) is 6.54 Å². The van der Waals surface area contributed by atoms with E-state index in [1.807, 2.05) is 24.3 Å². The van der Waals surface area contributed by atoms with Crippen molar-refractivity contribution in [3.8, 4) is 0 Å². The molecule has 0 aromatic carbocycles. The molecule has 4 heteroatoms. The van der Waals surface area contributed by atoms with Gasteiger partial charge in [-0.2, -0.15) is 0 Å². The van der Waals surface area contributed by atoms with Crippen LogP contribution in [0.4, 0.5) is 0 Å². The van der Waals surface area contributed by atoms with Crippen LogP contribution in [0.5, 0.6) is 0 Å². The van der Waals surface area contributed by atoms with Crippen LogP contribution in [-0.2, 0) is 0 Å². The lowest BCUT2D eigenvalue weighted by Crippen LogP contribution is -2.37. The van der Waals surface area contributed by atoms with E-state index < -0.39 is 0 Å². The lowest BCUT2D eigenvalue weighted by molar-refractivity contribution is 0.124. The molecule has 1 unspecified atom stereocenters. The molecule has 0 amide bonds. The third kappa shape index (κ3) is 4.64. The van der Waals surface area contributed by atoms with E-state index in [1.54, 1.807) is 6.26 Å². The highest BCUT2D eigenvalue weighted by Crippen LogP contribution is 2.07. The first-order chi connectivity index (χ1) is 8.84. The van der Waals surface area contributed by atoms with Crippen LogP contribution in [0.3, 0.4) is 0 Å². The van der Waals surface area contributed by atoms with Gasteiger partial charge in [-0.05, 0) is 44.1 Å². The Labute approximate surface area is 108 Å². The number of furan rings is 1. The van der Waals surface area contributed by atoms with Gasteiger partial charge in [0, 0.05) is 19.6 Å². The number of hydrogen-bond donors (Lipinski definition) is 2. The molecule has 0 saturated carbocycles. The van der Waals surface area contributed by atoms with Gasteiger partial charge in [-0.25, -0.2) is 0 Å². The van der Waals surface area contributed by atoms with Crippen LogP contribution in [0.2, 0.25) is 0 Å². The van der Waals surface area contributed by atoms with Crippen molar-refractivity contribution in [1.82, 2.24) is 10.2 Å². The average molecular weight is 250 g/mol. The van der Waals surface area contributed by atoms with Crippen LogP contribution in [0.1, 0.15) is 18.6 Å². The third-order valence-electron chi connectivity index (χ3n) is 3.14. The van der Waals surface area contributed by atoms with Gasteiger partial charge in [0.1, 0.15) is 5.76 Å². The summed E-state index contributed by atoms with van der Waals surface area (Å²) in [5.74, 6) is 0.856. The maximum atomic E-state index is 9.85. The van der Waals surface area contributed by atoms with Gasteiger partial charge in [0.2, 0.25) is 0 Å². The maximum absolute atomic E-state index is 9.85. The van der Waals surface area contributed by atoms with E-state index in [-0.39, 0.29) is 6.10 Å². The molecule has 0 aliphatic carbocycles. The van der Waals surface area contributed by atoms with Crippen LogP contribution < -0.4 is 5.32 Å². The fraction of sp³-hybridized carbons (Fsp3) is 0.571. The maximum Gasteiger partial charge on any atom is 0.126 e. The molecule has 2 N–H and O–H groups in total. The van der Waals surface area contributed by atoms with Crippen molar-refractivity contribution in [3.05, 3.63) is 30.2 Å². The summed E-state index contributed by atoms with van der Waals surface area (Å²) in [5, 5.41) is 13.1. The summed E-state index contributed by atoms with van der Waals surface area (Å²) >= 11 is 0. The first-order valence-electron chi connectivity index (χ1n) is 6.66. The summed E-state index contributed by atoms with van der Waals surface area (Å²) in [5.41, 5.74) is 0. The van der Waals surface area contributed by atoms with Crippen molar-refractivity contribution >= 4 is 6.08 Å². The van der Waals surface area contributed by atoms with Crippen LogP contribution in [0.15, 0.2) is 28.9 Å². The van der Waals surface area contributed by atoms with E-state index in [4.69, 9.17) is 4.42 Å². The Morgan fingerprint density at radius 2 is 2.28 bits per heavy atom. The van der Waals surface area contributed by atoms with Crippen molar-refractivity contribution in [2.75, 3.05) is 32.7 Å². The summed E-state index contributed by atoms with van der Waals surface area (Å²) in [6, 6.07) is 3.78. The zero-order chi connectivity index (χ0) is 12.6. The summed E-state index contributed by atoms with van der Waals surface area (Å²) in [7, 11) is 0.